The molecule has 0 aliphatic rings. The molecule has 0 aliphatic heterocycles. The van der Waals surface area contributed by atoms with E-state index in [4.69, 9.17) is 0 Å². The van der Waals surface area contributed by atoms with Gasteiger partial charge < -0.3 is 10.3 Å². The van der Waals surface area contributed by atoms with Crippen LogP contribution in [0.15, 0.2) is 48.5 Å². The van der Waals surface area contributed by atoms with Gasteiger partial charge in [-0.2, -0.15) is 0 Å². The van der Waals surface area contributed by atoms with E-state index in [1.807, 2.05) is 36.4 Å². The van der Waals surface area contributed by atoms with Crippen molar-refractivity contribution in [3.05, 3.63) is 65.2 Å². The number of nitrogens with one attached hydrogen (secondary N) is 2. The molecule has 2 aromatic carbocycles. The SMILES string of the molecule is Cc1ccccc1CNc1[nH]c2ccccc2c1C=O. The molecule has 0 amide bonds. The minimum atomic E-state index is 0.689. The Morgan fingerprint density at radius 3 is 2.65 bits per heavy atom. The Morgan fingerprint density at radius 1 is 1.10 bits per heavy atom. The number of benzene rings is 2. The zero-order valence-electron chi connectivity index (χ0n) is 11.3. The maximum absolute atomic E-state index is 11.3. The lowest BCUT2D eigenvalue weighted by Crippen LogP contribution is -2.03. The molecule has 0 saturated heterocycles. The Morgan fingerprint density at radius 2 is 1.85 bits per heavy atom. The Labute approximate surface area is 117 Å². The summed E-state index contributed by atoms with van der Waals surface area (Å²) < 4.78 is 0. The number of H-pyrrole nitrogens is 1. The van der Waals surface area contributed by atoms with Crippen molar-refractivity contribution in [1.29, 1.82) is 0 Å². The van der Waals surface area contributed by atoms with Crippen LogP contribution in [0, 0.1) is 6.92 Å². The lowest BCUT2D eigenvalue weighted by Gasteiger charge is -2.08. The third kappa shape index (κ3) is 2.18. The van der Waals surface area contributed by atoms with Crippen LogP contribution in [0.5, 0.6) is 0 Å². The van der Waals surface area contributed by atoms with Gasteiger partial charge in [0.05, 0.1) is 5.56 Å². The fourth-order valence-corrected chi connectivity index (χ4v) is 2.42. The summed E-state index contributed by atoms with van der Waals surface area (Å²) in [4.78, 5) is 14.6. The highest BCUT2D eigenvalue weighted by atomic mass is 16.1. The zero-order chi connectivity index (χ0) is 13.9. The van der Waals surface area contributed by atoms with Crippen LogP contribution in [0.2, 0.25) is 0 Å². The van der Waals surface area contributed by atoms with Crippen LogP contribution in [0.3, 0.4) is 0 Å². The second-order valence-corrected chi connectivity index (χ2v) is 4.86. The van der Waals surface area contributed by atoms with Gasteiger partial charge in [-0.1, -0.05) is 42.5 Å². The van der Waals surface area contributed by atoms with Crippen LogP contribution >= 0.6 is 0 Å². The van der Waals surface area contributed by atoms with Crippen LogP contribution < -0.4 is 5.32 Å². The number of aromatic nitrogens is 1. The van der Waals surface area contributed by atoms with E-state index in [2.05, 4.69) is 29.4 Å². The van der Waals surface area contributed by atoms with Crippen molar-refractivity contribution < 1.29 is 4.79 Å². The monoisotopic (exact) mass is 264 g/mol. The molecule has 0 bridgehead atoms. The molecule has 0 unspecified atom stereocenters. The molecule has 3 rings (SSSR count). The first-order chi connectivity index (χ1) is 9.79. The van der Waals surface area contributed by atoms with Crippen LogP contribution in [0.4, 0.5) is 5.82 Å². The summed E-state index contributed by atoms with van der Waals surface area (Å²) in [5.74, 6) is 0.782. The number of aryl methyl sites for hydroxylation is 1. The molecule has 0 radical (unpaired) electrons. The van der Waals surface area contributed by atoms with Crippen molar-refractivity contribution in [2.75, 3.05) is 5.32 Å². The highest BCUT2D eigenvalue weighted by Crippen LogP contribution is 2.25. The third-order valence-corrected chi connectivity index (χ3v) is 3.58. The largest absolute Gasteiger partial charge is 0.367 e. The highest BCUT2D eigenvalue weighted by Gasteiger charge is 2.10. The van der Waals surface area contributed by atoms with E-state index in [0.717, 1.165) is 23.0 Å². The topological polar surface area (TPSA) is 44.9 Å². The molecular formula is C17H16N2O. The Kier molecular flexibility index (Phi) is 3.25. The number of fused-ring (bicyclic) bond motifs is 1. The van der Waals surface area contributed by atoms with Gasteiger partial charge in [0.1, 0.15) is 5.82 Å². The molecular weight excluding hydrogens is 248 g/mol. The molecule has 0 saturated carbocycles. The van der Waals surface area contributed by atoms with Gasteiger partial charge in [-0.05, 0) is 24.1 Å². The van der Waals surface area contributed by atoms with Gasteiger partial charge in [0.2, 0.25) is 0 Å². The third-order valence-electron chi connectivity index (χ3n) is 3.58. The summed E-state index contributed by atoms with van der Waals surface area (Å²) in [6, 6.07) is 16.0. The number of anilines is 1. The predicted molar refractivity (Wildman–Crippen MR) is 82.2 cm³/mol. The smallest absolute Gasteiger partial charge is 0.154 e. The van der Waals surface area contributed by atoms with E-state index in [9.17, 15) is 4.79 Å². The Hall–Kier alpha value is -2.55. The normalized spacial score (nSPS) is 10.7. The average molecular weight is 264 g/mol. The first-order valence-electron chi connectivity index (χ1n) is 6.64. The molecule has 0 atom stereocenters. The summed E-state index contributed by atoms with van der Waals surface area (Å²) in [5.41, 5.74) is 4.13. The maximum atomic E-state index is 11.3. The number of carbonyl (C=O) groups excluding carboxylic acids is 1. The number of para-hydroxylation sites is 1. The van der Waals surface area contributed by atoms with E-state index >= 15 is 0 Å². The second kappa shape index (κ2) is 5.21. The summed E-state index contributed by atoms with van der Waals surface area (Å²) in [7, 11) is 0. The van der Waals surface area contributed by atoms with Crippen molar-refractivity contribution >= 4 is 23.0 Å². The fourth-order valence-electron chi connectivity index (χ4n) is 2.42. The standard InChI is InChI=1S/C17H16N2O/c1-12-6-2-3-7-13(12)10-18-17-15(11-20)14-8-4-5-9-16(14)19-17/h2-9,11,18-19H,10H2,1H3. The van der Waals surface area contributed by atoms with Crippen LogP contribution in [0.25, 0.3) is 10.9 Å². The van der Waals surface area contributed by atoms with Crippen LogP contribution in [-0.4, -0.2) is 11.3 Å². The molecule has 2 N–H and O–H groups in total. The van der Waals surface area contributed by atoms with Gasteiger partial charge >= 0.3 is 0 Å². The Balaban J connectivity index is 1.91. The molecule has 3 nitrogen and oxygen atoms in total. The van der Waals surface area contributed by atoms with Gasteiger partial charge in [-0.15, -0.1) is 0 Å². The fraction of sp³-hybridized carbons (Fsp3) is 0.118. The van der Waals surface area contributed by atoms with Gasteiger partial charge in [0.15, 0.2) is 6.29 Å². The average Bonchev–Trinajstić information content (AvgIpc) is 2.84. The van der Waals surface area contributed by atoms with Crippen LogP contribution in [-0.2, 0) is 6.54 Å². The minimum Gasteiger partial charge on any atom is -0.367 e. The summed E-state index contributed by atoms with van der Waals surface area (Å²) in [6.45, 7) is 2.78. The van der Waals surface area contributed by atoms with Crippen molar-refractivity contribution in [1.82, 2.24) is 4.98 Å². The number of rotatable bonds is 4. The van der Waals surface area contributed by atoms with Crippen LogP contribution in [0.1, 0.15) is 21.5 Å². The summed E-state index contributed by atoms with van der Waals surface area (Å²) in [5, 5.41) is 4.28. The molecule has 0 fully saturated rings. The lowest BCUT2D eigenvalue weighted by atomic mass is 10.1. The lowest BCUT2D eigenvalue weighted by molar-refractivity contribution is 0.112. The number of hydrogen-bond acceptors (Lipinski definition) is 2. The highest BCUT2D eigenvalue weighted by molar-refractivity contribution is 6.03. The first-order valence-corrected chi connectivity index (χ1v) is 6.64. The molecule has 3 heteroatoms. The number of aromatic amines is 1. The number of hydrogen-bond donors (Lipinski definition) is 2. The molecule has 100 valence electrons. The van der Waals surface area contributed by atoms with Crippen molar-refractivity contribution in [2.45, 2.75) is 13.5 Å². The van der Waals surface area contributed by atoms with E-state index in [1.54, 1.807) is 0 Å². The number of carbonyl (C=O) groups is 1. The molecule has 0 spiro atoms. The molecule has 20 heavy (non-hydrogen) atoms. The van der Waals surface area contributed by atoms with Gasteiger partial charge in [-0.25, -0.2) is 0 Å². The van der Waals surface area contributed by atoms with Crippen molar-refractivity contribution in [3.8, 4) is 0 Å². The van der Waals surface area contributed by atoms with E-state index in [0.29, 0.717) is 12.1 Å². The molecule has 0 aliphatic carbocycles. The predicted octanol–water partition coefficient (Wildman–Crippen LogP) is 3.90. The molecule has 3 aromatic rings. The zero-order valence-corrected chi connectivity index (χ0v) is 11.3. The van der Waals surface area contributed by atoms with E-state index in [1.165, 1.54) is 11.1 Å². The first kappa shape index (κ1) is 12.5. The Bertz CT molecular complexity index is 759. The van der Waals surface area contributed by atoms with E-state index < -0.39 is 0 Å². The van der Waals surface area contributed by atoms with Gasteiger partial charge in [0.25, 0.3) is 0 Å². The second-order valence-electron chi connectivity index (χ2n) is 4.86. The molecule has 1 aromatic heterocycles. The maximum Gasteiger partial charge on any atom is 0.154 e. The minimum absolute atomic E-state index is 0.689. The molecule has 1 heterocycles. The summed E-state index contributed by atoms with van der Waals surface area (Å²) >= 11 is 0. The summed E-state index contributed by atoms with van der Waals surface area (Å²) in [6.07, 6.45) is 0.902. The number of aldehydes is 1. The van der Waals surface area contributed by atoms with Crippen molar-refractivity contribution in [3.63, 3.8) is 0 Å². The quantitative estimate of drug-likeness (QED) is 0.702. The van der Waals surface area contributed by atoms with E-state index in [-0.39, 0.29) is 0 Å². The van der Waals surface area contributed by atoms with Gasteiger partial charge in [0, 0.05) is 17.4 Å². The van der Waals surface area contributed by atoms with Crippen molar-refractivity contribution in [2.24, 2.45) is 0 Å². The van der Waals surface area contributed by atoms with Gasteiger partial charge in [-0.3, -0.25) is 4.79 Å².